The molecule has 6 heteroatoms. The normalized spacial score (nSPS) is 10.9. The molecule has 0 aliphatic carbocycles. The summed E-state index contributed by atoms with van der Waals surface area (Å²) in [5.41, 5.74) is 1.95. The quantitative estimate of drug-likeness (QED) is 0.795. The van der Waals surface area contributed by atoms with Gasteiger partial charge in [-0.25, -0.2) is 14.6 Å². The monoisotopic (exact) mass is 284 g/mol. The third kappa shape index (κ3) is 2.55. The molecule has 0 radical (unpaired) electrons. The molecule has 6 nitrogen and oxygen atoms in total. The zero-order chi connectivity index (χ0) is 15.0. The summed E-state index contributed by atoms with van der Waals surface area (Å²) in [6, 6.07) is 6.77. The number of benzene rings is 1. The first kappa shape index (κ1) is 13.1. The van der Waals surface area contributed by atoms with E-state index in [1.165, 1.54) is 16.8 Å². The first-order chi connectivity index (χ1) is 10.0. The summed E-state index contributed by atoms with van der Waals surface area (Å²) in [4.78, 5) is 26.3. The molecule has 0 unspecified atom stereocenters. The van der Waals surface area contributed by atoms with Gasteiger partial charge in [0.25, 0.3) is 0 Å². The third-order valence-corrected chi connectivity index (χ3v) is 3.13. The zero-order valence-corrected chi connectivity index (χ0v) is 11.2. The molecule has 2 aromatic heterocycles. The molecule has 0 atom stereocenters. The van der Waals surface area contributed by atoms with Crippen molar-refractivity contribution >= 4 is 16.9 Å². The number of hydrogen-bond acceptors (Lipinski definition) is 4. The van der Waals surface area contributed by atoms with Crippen LogP contribution in [0.15, 0.2) is 45.9 Å². The van der Waals surface area contributed by atoms with Crippen molar-refractivity contribution in [3.63, 3.8) is 0 Å². The molecule has 3 aromatic rings. The van der Waals surface area contributed by atoms with Crippen LogP contribution in [-0.4, -0.2) is 20.6 Å². The molecule has 0 fully saturated rings. The van der Waals surface area contributed by atoms with Gasteiger partial charge in [-0.05, 0) is 36.2 Å². The number of aromatic nitrogens is 2. The molecule has 0 spiro atoms. The highest BCUT2D eigenvalue weighted by Crippen LogP contribution is 2.21. The minimum Gasteiger partial charge on any atom is -0.475 e. The summed E-state index contributed by atoms with van der Waals surface area (Å²) in [6.07, 6.45) is 3.26. The topological polar surface area (TPSA) is 85.3 Å². The lowest BCUT2D eigenvalue weighted by Crippen LogP contribution is -2.22. The Labute approximate surface area is 119 Å². The Morgan fingerprint density at radius 2 is 2.19 bits per heavy atom. The number of rotatable bonds is 3. The molecule has 1 N–H and O–H groups in total. The Bertz CT molecular complexity index is 892. The highest BCUT2D eigenvalue weighted by atomic mass is 16.4. The van der Waals surface area contributed by atoms with Gasteiger partial charge in [0.15, 0.2) is 0 Å². The van der Waals surface area contributed by atoms with Gasteiger partial charge in [-0.2, -0.15) is 0 Å². The summed E-state index contributed by atoms with van der Waals surface area (Å²) >= 11 is 0. The van der Waals surface area contributed by atoms with Crippen molar-refractivity contribution in [2.24, 2.45) is 0 Å². The van der Waals surface area contributed by atoms with E-state index in [1.54, 1.807) is 24.4 Å². The van der Waals surface area contributed by atoms with Gasteiger partial charge < -0.3 is 9.52 Å². The molecule has 0 saturated carbocycles. The lowest BCUT2D eigenvalue weighted by Gasteiger charge is -2.05. The maximum Gasteiger partial charge on any atom is 0.371 e. The Morgan fingerprint density at radius 1 is 1.38 bits per heavy atom. The van der Waals surface area contributed by atoms with E-state index in [9.17, 15) is 9.59 Å². The summed E-state index contributed by atoms with van der Waals surface area (Å²) in [7, 11) is 0. The molecular weight excluding hydrogens is 272 g/mol. The maximum atomic E-state index is 11.7. The number of carboxylic acids is 1. The maximum absolute atomic E-state index is 11.7. The number of nitrogens with zero attached hydrogens (tertiary/aromatic N) is 2. The average Bonchev–Trinajstić information content (AvgIpc) is 2.86. The van der Waals surface area contributed by atoms with Crippen molar-refractivity contribution in [2.45, 2.75) is 13.5 Å². The molecule has 1 aromatic carbocycles. The number of aromatic carboxylic acids is 1. The van der Waals surface area contributed by atoms with Crippen molar-refractivity contribution in [3.8, 4) is 0 Å². The zero-order valence-electron chi connectivity index (χ0n) is 11.2. The minimum absolute atomic E-state index is 0.100. The standard InChI is InChI=1S/C15H12N2O4/c1-9-6-16-15(20)17(7-9)8-10-2-3-12-11(4-10)5-13(21-12)14(18)19/h2-7H,8H2,1H3,(H,18,19). The number of aryl methyl sites for hydroxylation is 1. The second kappa shape index (κ2) is 4.90. The molecule has 0 aliphatic heterocycles. The van der Waals surface area contributed by atoms with Crippen molar-refractivity contribution < 1.29 is 14.3 Å². The van der Waals surface area contributed by atoms with Crippen molar-refractivity contribution in [1.82, 2.24) is 9.55 Å². The van der Waals surface area contributed by atoms with Gasteiger partial charge in [-0.15, -0.1) is 0 Å². The third-order valence-electron chi connectivity index (χ3n) is 3.13. The lowest BCUT2D eigenvalue weighted by atomic mass is 10.1. The van der Waals surface area contributed by atoms with Gasteiger partial charge in [0.1, 0.15) is 5.58 Å². The van der Waals surface area contributed by atoms with Crippen LogP contribution in [0.25, 0.3) is 11.0 Å². The number of carbonyl (C=O) groups is 1. The lowest BCUT2D eigenvalue weighted by molar-refractivity contribution is 0.0665. The minimum atomic E-state index is -1.10. The van der Waals surface area contributed by atoms with E-state index in [4.69, 9.17) is 9.52 Å². The number of hydrogen-bond donors (Lipinski definition) is 1. The van der Waals surface area contributed by atoms with Gasteiger partial charge in [-0.1, -0.05) is 6.07 Å². The fraction of sp³-hybridized carbons (Fsp3) is 0.133. The highest BCUT2D eigenvalue weighted by molar-refractivity contribution is 5.91. The van der Waals surface area contributed by atoms with Gasteiger partial charge in [0.2, 0.25) is 5.76 Å². The van der Waals surface area contributed by atoms with E-state index in [2.05, 4.69) is 4.98 Å². The SMILES string of the molecule is Cc1cnc(=O)n(Cc2ccc3oc(C(=O)O)cc3c2)c1. The molecule has 0 aliphatic rings. The Balaban J connectivity index is 1.99. The van der Waals surface area contributed by atoms with Crippen LogP contribution in [-0.2, 0) is 6.54 Å². The summed E-state index contributed by atoms with van der Waals surface area (Å²) in [5.74, 6) is -1.21. The second-order valence-corrected chi connectivity index (χ2v) is 4.83. The fourth-order valence-corrected chi connectivity index (χ4v) is 2.17. The second-order valence-electron chi connectivity index (χ2n) is 4.83. The summed E-state index contributed by atoms with van der Waals surface area (Å²) in [5, 5.41) is 9.60. The molecule has 106 valence electrons. The van der Waals surface area contributed by atoms with Crippen LogP contribution in [0, 0.1) is 6.92 Å². The van der Waals surface area contributed by atoms with E-state index in [1.807, 2.05) is 6.92 Å². The average molecular weight is 284 g/mol. The predicted octanol–water partition coefficient (Wildman–Crippen LogP) is 2.04. The highest BCUT2D eigenvalue weighted by Gasteiger charge is 2.10. The first-order valence-corrected chi connectivity index (χ1v) is 6.32. The van der Waals surface area contributed by atoms with E-state index >= 15 is 0 Å². The van der Waals surface area contributed by atoms with Crippen LogP contribution >= 0.6 is 0 Å². The van der Waals surface area contributed by atoms with E-state index in [0.717, 1.165) is 11.1 Å². The van der Waals surface area contributed by atoms with Crippen LogP contribution in [0.1, 0.15) is 21.7 Å². The Hall–Kier alpha value is -2.89. The number of carboxylic acid groups (broad SMARTS) is 1. The van der Waals surface area contributed by atoms with Gasteiger partial charge in [0, 0.05) is 17.8 Å². The van der Waals surface area contributed by atoms with Crippen LogP contribution in [0.2, 0.25) is 0 Å². The fourth-order valence-electron chi connectivity index (χ4n) is 2.17. The molecule has 0 bridgehead atoms. The van der Waals surface area contributed by atoms with Crippen molar-refractivity contribution in [1.29, 1.82) is 0 Å². The molecular formula is C15H12N2O4. The molecule has 0 amide bonds. The number of fused-ring (bicyclic) bond motifs is 1. The molecule has 2 heterocycles. The Morgan fingerprint density at radius 3 is 2.95 bits per heavy atom. The van der Waals surface area contributed by atoms with Gasteiger partial charge in [-0.3, -0.25) is 4.57 Å². The van der Waals surface area contributed by atoms with Crippen LogP contribution in [0.5, 0.6) is 0 Å². The smallest absolute Gasteiger partial charge is 0.371 e. The Kier molecular flexibility index (Phi) is 3.06. The summed E-state index contributed by atoms with van der Waals surface area (Å²) < 4.78 is 6.71. The van der Waals surface area contributed by atoms with Crippen molar-refractivity contribution in [3.05, 3.63) is 64.0 Å². The van der Waals surface area contributed by atoms with Crippen LogP contribution in [0.3, 0.4) is 0 Å². The van der Waals surface area contributed by atoms with Crippen LogP contribution < -0.4 is 5.69 Å². The first-order valence-electron chi connectivity index (χ1n) is 6.32. The predicted molar refractivity (Wildman–Crippen MR) is 75.5 cm³/mol. The van der Waals surface area contributed by atoms with E-state index in [-0.39, 0.29) is 11.4 Å². The van der Waals surface area contributed by atoms with E-state index in [0.29, 0.717) is 17.5 Å². The summed E-state index contributed by atoms with van der Waals surface area (Å²) in [6.45, 7) is 2.23. The van der Waals surface area contributed by atoms with Crippen LogP contribution in [0.4, 0.5) is 0 Å². The number of furan rings is 1. The molecule has 0 saturated heterocycles. The van der Waals surface area contributed by atoms with Crippen molar-refractivity contribution in [2.75, 3.05) is 0 Å². The van der Waals surface area contributed by atoms with Gasteiger partial charge >= 0.3 is 11.7 Å². The molecule has 21 heavy (non-hydrogen) atoms. The molecule has 3 rings (SSSR count). The largest absolute Gasteiger partial charge is 0.475 e. The van der Waals surface area contributed by atoms with Gasteiger partial charge in [0.05, 0.1) is 6.54 Å². The van der Waals surface area contributed by atoms with E-state index < -0.39 is 5.97 Å².